The zero-order valence-corrected chi connectivity index (χ0v) is 17.1. The van der Waals surface area contributed by atoms with Gasteiger partial charge in [0.1, 0.15) is 5.76 Å². The third kappa shape index (κ3) is 4.33. The van der Waals surface area contributed by atoms with Crippen LogP contribution in [0, 0.1) is 13.8 Å². The molecule has 1 aliphatic heterocycles. The van der Waals surface area contributed by atoms with Gasteiger partial charge in [-0.3, -0.25) is 9.59 Å². The zero-order valence-electron chi connectivity index (χ0n) is 17.1. The molecule has 1 aliphatic carbocycles. The van der Waals surface area contributed by atoms with Crippen LogP contribution in [0.1, 0.15) is 66.0 Å². The van der Waals surface area contributed by atoms with Gasteiger partial charge in [-0.25, -0.2) is 4.68 Å². The van der Waals surface area contributed by atoms with Gasteiger partial charge in [-0.2, -0.15) is 0 Å². The van der Waals surface area contributed by atoms with Crippen LogP contribution in [-0.4, -0.2) is 55.5 Å². The van der Waals surface area contributed by atoms with Gasteiger partial charge in [0.15, 0.2) is 5.69 Å². The smallest absolute Gasteiger partial charge is 0.273 e. The van der Waals surface area contributed by atoms with Crippen LogP contribution >= 0.6 is 0 Å². The van der Waals surface area contributed by atoms with E-state index < -0.39 is 0 Å². The largest absolute Gasteiger partial charge is 0.361 e. The monoisotopic (exact) mass is 400 g/mol. The minimum Gasteiger partial charge on any atom is -0.361 e. The topological polar surface area (TPSA) is 106 Å². The number of rotatable bonds is 6. The number of carbonyl (C=O) groups excluding carboxylic acids is 2. The first-order valence-electron chi connectivity index (χ1n) is 10.4. The number of nitrogens with zero attached hydrogens (tertiary/aromatic N) is 5. The Balaban J connectivity index is 1.36. The van der Waals surface area contributed by atoms with Crippen LogP contribution in [0.5, 0.6) is 0 Å². The molecule has 1 saturated carbocycles. The van der Waals surface area contributed by atoms with Gasteiger partial charge < -0.3 is 14.7 Å². The molecule has 0 radical (unpaired) electrons. The van der Waals surface area contributed by atoms with E-state index in [0.29, 0.717) is 24.4 Å². The number of likely N-dealkylation sites (tertiary alicyclic amines) is 1. The summed E-state index contributed by atoms with van der Waals surface area (Å²) in [6, 6.07) is 0.301. The third-order valence-corrected chi connectivity index (χ3v) is 6.07. The summed E-state index contributed by atoms with van der Waals surface area (Å²) in [6.45, 7) is 4.96. The molecule has 156 valence electrons. The molecular formula is C20H28N6O3. The fourth-order valence-corrected chi connectivity index (χ4v) is 4.40. The molecule has 29 heavy (non-hydrogen) atoms. The van der Waals surface area contributed by atoms with Gasteiger partial charge in [0.2, 0.25) is 5.91 Å². The standard InChI is InChI=1S/C20H28N6O3/c1-13-17(14(2)29-23-13)10-19(27)26-9-5-8-16(26)11-25-12-18(22-24-25)20(28)21-15-6-3-4-7-15/h12,15-16H,3-11H2,1-2H3,(H,21,28)/t16-/m0/s1. The van der Waals surface area contributed by atoms with Gasteiger partial charge >= 0.3 is 0 Å². The van der Waals surface area contributed by atoms with E-state index >= 15 is 0 Å². The van der Waals surface area contributed by atoms with E-state index in [1.54, 1.807) is 10.9 Å². The highest BCUT2D eigenvalue weighted by Gasteiger charge is 2.30. The average molecular weight is 400 g/mol. The molecule has 0 bridgehead atoms. The van der Waals surface area contributed by atoms with Crippen molar-refractivity contribution in [3.8, 4) is 0 Å². The van der Waals surface area contributed by atoms with Crippen LogP contribution in [0.25, 0.3) is 0 Å². The second-order valence-electron chi connectivity index (χ2n) is 8.14. The summed E-state index contributed by atoms with van der Waals surface area (Å²) in [5.41, 5.74) is 1.97. The van der Waals surface area contributed by atoms with E-state index in [9.17, 15) is 9.59 Å². The molecule has 2 aromatic heterocycles. The first-order valence-corrected chi connectivity index (χ1v) is 10.4. The fourth-order valence-electron chi connectivity index (χ4n) is 4.40. The normalized spacial score (nSPS) is 19.8. The van der Waals surface area contributed by atoms with Crippen molar-refractivity contribution in [2.24, 2.45) is 0 Å². The number of carbonyl (C=O) groups is 2. The van der Waals surface area contributed by atoms with Crippen molar-refractivity contribution in [2.45, 2.75) is 77.4 Å². The van der Waals surface area contributed by atoms with Crippen molar-refractivity contribution in [1.29, 1.82) is 0 Å². The van der Waals surface area contributed by atoms with Crippen molar-refractivity contribution >= 4 is 11.8 Å². The Morgan fingerprint density at radius 3 is 2.72 bits per heavy atom. The minimum atomic E-state index is -0.166. The summed E-state index contributed by atoms with van der Waals surface area (Å²) < 4.78 is 6.85. The maximum Gasteiger partial charge on any atom is 0.273 e. The lowest BCUT2D eigenvalue weighted by atomic mass is 10.1. The van der Waals surface area contributed by atoms with Gasteiger partial charge in [-0.15, -0.1) is 5.10 Å². The maximum atomic E-state index is 12.9. The number of hydrogen-bond donors (Lipinski definition) is 1. The number of aryl methyl sites for hydroxylation is 2. The third-order valence-electron chi connectivity index (χ3n) is 6.07. The van der Waals surface area contributed by atoms with Gasteiger partial charge in [0, 0.05) is 18.2 Å². The molecule has 1 N–H and O–H groups in total. The van der Waals surface area contributed by atoms with Crippen molar-refractivity contribution in [3.05, 3.63) is 28.9 Å². The van der Waals surface area contributed by atoms with E-state index in [2.05, 4.69) is 20.8 Å². The molecular weight excluding hydrogens is 372 g/mol. The number of aromatic nitrogens is 4. The second kappa shape index (κ2) is 8.34. The number of amides is 2. The van der Waals surface area contributed by atoms with Crippen LogP contribution < -0.4 is 5.32 Å². The Morgan fingerprint density at radius 2 is 2.00 bits per heavy atom. The maximum absolute atomic E-state index is 12.9. The van der Waals surface area contributed by atoms with Crippen LogP contribution in [0.15, 0.2) is 10.7 Å². The predicted octanol–water partition coefficient (Wildman–Crippen LogP) is 1.79. The van der Waals surface area contributed by atoms with E-state index in [0.717, 1.165) is 56.3 Å². The minimum absolute atomic E-state index is 0.0513. The van der Waals surface area contributed by atoms with Crippen molar-refractivity contribution in [2.75, 3.05) is 6.54 Å². The molecule has 2 fully saturated rings. The van der Waals surface area contributed by atoms with E-state index in [-0.39, 0.29) is 23.9 Å². The number of hydrogen-bond acceptors (Lipinski definition) is 6. The lowest BCUT2D eigenvalue weighted by molar-refractivity contribution is -0.131. The van der Waals surface area contributed by atoms with Crippen LogP contribution in [-0.2, 0) is 17.8 Å². The average Bonchev–Trinajstić information content (AvgIpc) is 3.48. The first-order chi connectivity index (χ1) is 14.0. The molecule has 2 aliphatic rings. The highest BCUT2D eigenvalue weighted by molar-refractivity contribution is 5.92. The Bertz CT molecular complexity index is 863. The molecule has 9 heteroatoms. The van der Waals surface area contributed by atoms with Crippen molar-refractivity contribution < 1.29 is 14.1 Å². The molecule has 9 nitrogen and oxygen atoms in total. The van der Waals surface area contributed by atoms with Crippen molar-refractivity contribution in [3.63, 3.8) is 0 Å². The van der Waals surface area contributed by atoms with Gasteiger partial charge in [0.05, 0.1) is 30.9 Å². The zero-order chi connectivity index (χ0) is 20.4. The molecule has 2 aromatic rings. The Hall–Kier alpha value is -2.71. The van der Waals surface area contributed by atoms with Gasteiger partial charge in [-0.05, 0) is 39.5 Å². The Labute approximate surface area is 169 Å². The molecule has 3 heterocycles. The Kier molecular flexibility index (Phi) is 5.64. The van der Waals surface area contributed by atoms with Crippen LogP contribution in [0.3, 0.4) is 0 Å². The van der Waals surface area contributed by atoms with E-state index in [4.69, 9.17) is 4.52 Å². The molecule has 0 aromatic carbocycles. The summed E-state index contributed by atoms with van der Waals surface area (Å²) in [7, 11) is 0. The summed E-state index contributed by atoms with van der Waals surface area (Å²) in [6.07, 6.45) is 8.24. The molecule has 1 saturated heterocycles. The lowest BCUT2D eigenvalue weighted by Gasteiger charge is -2.24. The quantitative estimate of drug-likeness (QED) is 0.792. The fraction of sp³-hybridized carbons (Fsp3) is 0.650. The van der Waals surface area contributed by atoms with E-state index in [1.807, 2.05) is 18.7 Å². The summed E-state index contributed by atoms with van der Waals surface area (Å²) >= 11 is 0. The molecule has 0 spiro atoms. The van der Waals surface area contributed by atoms with Crippen LogP contribution in [0.2, 0.25) is 0 Å². The Morgan fingerprint density at radius 1 is 1.21 bits per heavy atom. The molecule has 4 rings (SSSR count). The first kappa shape index (κ1) is 19.6. The summed E-state index contributed by atoms with van der Waals surface area (Å²) in [5.74, 6) is 0.600. The molecule has 2 amide bonds. The molecule has 1 atom stereocenters. The SMILES string of the molecule is Cc1noc(C)c1CC(=O)N1CCC[C@H]1Cn1cc(C(=O)NC2CCCC2)nn1. The highest BCUT2D eigenvalue weighted by atomic mass is 16.5. The number of nitrogens with one attached hydrogen (secondary N) is 1. The van der Waals surface area contributed by atoms with Gasteiger partial charge in [-0.1, -0.05) is 23.2 Å². The lowest BCUT2D eigenvalue weighted by Crippen LogP contribution is -2.39. The van der Waals surface area contributed by atoms with Crippen molar-refractivity contribution in [1.82, 2.24) is 30.4 Å². The summed E-state index contributed by atoms with van der Waals surface area (Å²) in [4.78, 5) is 27.1. The summed E-state index contributed by atoms with van der Waals surface area (Å²) in [5, 5.41) is 15.1. The highest BCUT2D eigenvalue weighted by Crippen LogP contribution is 2.22. The van der Waals surface area contributed by atoms with Gasteiger partial charge in [0.25, 0.3) is 5.91 Å². The van der Waals surface area contributed by atoms with E-state index in [1.165, 1.54) is 0 Å². The predicted molar refractivity (Wildman–Crippen MR) is 104 cm³/mol. The second-order valence-corrected chi connectivity index (χ2v) is 8.14. The van der Waals surface area contributed by atoms with Crippen LogP contribution in [0.4, 0.5) is 0 Å². The molecule has 0 unspecified atom stereocenters.